The van der Waals surface area contributed by atoms with E-state index in [2.05, 4.69) is 30.5 Å². The Labute approximate surface area is 166 Å². The summed E-state index contributed by atoms with van der Waals surface area (Å²) in [6, 6.07) is 3.27. The maximum atomic E-state index is 12.5. The number of urea groups is 1. The number of anilines is 1. The first kappa shape index (κ1) is 18.8. The molecular weight excluding hydrogens is 378 g/mol. The van der Waals surface area contributed by atoms with Crippen molar-refractivity contribution < 1.29 is 14.4 Å². The topological polar surface area (TPSA) is 129 Å². The van der Waals surface area contributed by atoms with E-state index in [1.807, 2.05) is 12.1 Å². The zero-order chi connectivity index (χ0) is 20.2. The van der Waals surface area contributed by atoms with Crippen molar-refractivity contribution in [1.82, 2.24) is 40.1 Å². The minimum Gasteiger partial charge on any atom is -0.352 e. The predicted octanol–water partition coefficient (Wildman–Crippen LogP) is -0.962. The highest BCUT2D eigenvalue weighted by Gasteiger charge is 2.26. The molecule has 2 aromatic heterocycles. The van der Waals surface area contributed by atoms with Gasteiger partial charge in [0.25, 0.3) is 0 Å². The maximum Gasteiger partial charge on any atom is 0.324 e. The van der Waals surface area contributed by atoms with Gasteiger partial charge >= 0.3 is 6.03 Å². The summed E-state index contributed by atoms with van der Waals surface area (Å²) >= 11 is 0. The zero-order valence-electron chi connectivity index (χ0n) is 15.8. The third-order valence-corrected chi connectivity index (χ3v) is 4.98. The molecule has 4 amide bonds. The van der Waals surface area contributed by atoms with Crippen LogP contribution < -0.4 is 10.2 Å². The van der Waals surface area contributed by atoms with Crippen molar-refractivity contribution in [3.8, 4) is 5.82 Å². The number of amides is 4. The Kier molecular flexibility index (Phi) is 5.31. The first-order valence-corrected chi connectivity index (χ1v) is 9.40. The smallest absolute Gasteiger partial charge is 0.324 e. The van der Waals surface area contributed by atoms with E-state index in [1.54, 1.807) is 11.2 Å². The second-order valence-electron chi connectivity index (χ2n) is 6.80. The number of aromatic nitrogens is 5. The van der Waals surface area contributed by atoms with Crippen LogP contribution in [0.3, 0.4) is 0 Å². The molecule has 0 radical (unpaired) electrons. The van der Waals surface area contributed by atoms with Crippen LogP contribution in [0.4, 0.5) is 10.6 Å². The van der Waals surface area contributed by atoms with Gasteiger partial charge < -0.3 is 14.7 Å². The molecule has 29 heavy (non-hydrogen) atoms. The van der Waals surface area contributed by atoms with Gasteiger partial charge in [-0.25, -0.2) is 14.5 Å². The third kappa shape index (κ3) is 4.31. The minimum atomic E-state index is -0.424. The molecule has 0 unspecified atom stereocenters. The summed E-state index contributed by atoms with van der Waals surface area (Å²) in [7, 11) is 0. The molecule has 2 aliphatic rings. The highest BCUT2D eigenvalue weighted by molar-refractivity contribution is 5.96. The molecule has 0 aliphatic carbocycles. The molecule has 0 atom stereocenters. The van der Waals surface area contributed by atoms with Gasteiger partial charge in [0.2, 0.25) is 11.8 Å². The Hall–Kier alpha value is -3.57. The van der Waals surface area contributed by atoms with E-state index < -0.39 is 6.03 Å². The van der Waals surface area contributed by atoms with Crippen LogP contribution in [0.5, 0.6) is 0 Å². The van der Waals surface area contributed by atoms with Crippen LogP contribution in [0.15, 0.2) is 24.8 Å². The van der Waals surface area contributed by atoms with Gasteiger partial charge in [-0.15, -0.1) is 10.2 Å². The fraction of sp³-hybridized carbons (Fsp3) is 0.471. The SMILES string of the molecule is O=C1CCN(CCC(=O)N2CCN(c3ccc(-n4cncn4)nn3)CC2)C(=O)N1. The van der Waals surface area contributed by atoms with Crippen LogP contribution in [0.2, 0.25) is 0 Å². The molecule has 12 heteroatoms. The zero-order valence-corrected chi connectivity index (χ0v) is 15.8. The summed E-state index contributed by atoms with van der Waals surface area (Å²) in [6.07, 6.45) is 3.51. The lowest BCUT2D eigenvalue weighted by Gasteiger charge is -2.35. The summed E-state index contributed by atoms with van der Waals surface area (Å²) < 4.78 is 1.53. The monoisotopic (exact) mass is 399 g/mol. The normalized spacial score (nSPS) is 17.4. The molecular formula is C17H21N9O3. The molecule has 4 rings (SSSR count). The minimum absolute atomic E-state index is 0.00182. The van der Waals surface area contributed by atoms with Crippen molar-refractivity contribution in [3.63, 3.8) is 0 Å². The van der Waals surface area contributed by atoms with E-state index in [4.69, 9.17) is 0 Å². The number of carbonyl (C=O) groups is 3. The van der Waals surface area contributed by atoms with Gasteiger partial charge in [-0.1, -0.05) is 0 Å². The standard InChI is InChI=1S/C17H21N9O3/c27-15-3-5-25(17(29)20-15)6-4-16(28)24-9-7-23(8-10-24)13-1-2-14(22-21-13)26-12-18-11-19-26/h1-2,11-12H,3-10H2,(H,20,27,29). The summed E-state index contributed by atoms with van der Waals surface area (Å²) in [5, 5.41) is 14.7. The summed E-state index contributed by atoms with van der Waals surface area (Å²) in [4.78, 5) is 44.6. The van der Waals surface area contributed by atoms with Crippen LogP contribution in [0.25, 0.3) is 5.82 Å². The first-order valence-electron chi connectivity index (χ1n) is 9.40. The van der Waals surface area contributed by atoms with Crippen LogP contribution in [-0.2, 0) is 9.59 Å². The fourth-order valence-electron chi connectivity index (χ4n) is 3.32. The molecule has 2 fully saturated rings. The van der Waals surface area contributed by atoms with E-state index in [0.717, 1.165) is 5.82 Å². The Morgan fingerprint density at radius 2 is 1.79 bits per heavy atom. The average Bonchev–Trinajstić information content (AvgIpc) is 3.28. The van der Waals surface area contributed by atoms with E-state index >= 15 is 0 Å². The third-order valence-electron chi connectivity index (χ3n) is 4.98. The van der Waals surface area contributed by atoms with Crippen LogP contribution in [0.1, 0.15) is 12.8 Å². The lowest BCUT2D eigenvalue weighted by Crippen LogP contribution is -2.52. The number of hydrogen-bond donors (Lipinski definition) is 1. The molecule has 0 aromatic carbocycles. The van der Waals surface area contributed by atoms with E-state index in [9.17, 15) is 14.4 Å². The van der Waals surface area contributed by atoms with Crippen molar-refractivity contribution in [2.75, 3.05) is 44.2 Å². The number of nitrogens with one attached hydrogen (secondary N) is 1. The number of piperazine rings is 1. The molecule has 152 valence electrons. The number of carbonyl (C=O) groups excluding carboxylic acids is 3. The number of nitrogens with zero attached hydrogens (tertiary/aromatic N) is 8. The molecule has 1 N–H and O–H groups in total. The number of rotatable bonds is 5. The number of hydrogen-bond acceptors (Lipinski definition) is 8. The van der Waals surface area contributed by atoms with Crippen molar-refractivity contribution in [2.24, 2.45) is 0 Å². The average molecular weight is 399 g/mol. The van der Waals surface area contributed by atoms with Crippen LogP contribution in [-0.4, -0.2) is 91.9 Å². The Balaban J connectivity index is 1.25. The molecule has 2 saturated heterocycles. The highest BCUT2D eigenvalue weighted by Crippen LogP contribution is 2.14. The molecule has 0 saturated carbocycles. The molecule has 4 heterocycles. The lowest BCUT2D eigenvalue weighted by molar-refractivity contribution is -0.131. The van der Waals surface area contributed by atoms with Gasteiger partial charge in [-0.3, -0.25) is 14.9 Å². The van der Waals surface area contributed by atoms with Crippen molar-refractivity contribution in [1.29, 1.82) is 0 Å². The van der Waals surface area contributed by atoms with Gasteiger partial charge in [-0.2, -0.15) is 5.10 Å². The predicted molar refractivity (Wildman–Crippen MR) is 100 cm³/mol. The largest absolute Gasteiger partial charge is 0.352 e. The van der Waals surface area contributed by atoms with E-state index in [0.29, 0.717) is 45.1 Å². The maximum absolute atomic E-state index is 12.5. The van der Waals surface area contributed by atoms with Gasteiger partial charge in [0.1, 0.15) is 12.7 Å². The molecule has 0 bridgehead atoms. The summed E-state index contributed by atoms with van der Waals surface area (Å²) in [6.45, 7) is 3.14. The summed E-state index contributed by atoms with van der Waals surface area (Å²) in [5.74, 6) is 1.06. The fourth-order valence-corrected chi connectivity index (χ4v) is 3.32. The van der Waals surface area contributed by atoms with Crippen LogP contribution >= 0.6 is 0 Å². The number of imide groups is 1. The second kappa shape index (κ2) is 8.20. The molecule has 2 aromatic rings. The molecule has 0 spiro atoms. The van der Waals surface area contributed by atoms with Crippen molar-refractivity contribution in [3.05, 3.63) is 24.8 Å². The Morgan fingerprint density at radius 1 is 1.03 bits per heavy atom. The summed E-state index contributed by atoms with van der Waals surface area (Å²) in [5.41, 5.74) is 0. The van der Waals surface area contributed by atoms with Crippen molar-refractivity contribution in [2.45, 2.75) is 12.8 Å². The Morgan fingerprint density at radius 3 is 2.45 bits per heavy atom. The van der Waals surface area contributed by atoms with Crippen molar-refractivity contribution >= 4 is 23.7 Å². The lowest BCUT2D eigenvalue weighted by atomic mass is 10.2. The molecule has 12 nitrogen and oxygen atoms in total. The quantitative estimate of drug-likeness (QED) is 0.680. The van der Waals surface area contributed by atoms with Crippen LogP contribution in [0, 0.1) is 0 Å². The van der Waals surface area contributed by atoms with Gasteiger partial charge in [0.15, 0.2) is 11.6 Å². The highest BCUT2D eigenvalue weighted by atomic mass is 16.2. The van der Waals surface area contributed by atoms with Gasteiger partial charge in [0, 0.05) is 52.1 Å². The van der Waals surface area contributed by atoms with Gasteiger partial charge in [0.05, 0.1) is 0 Å². The molecule has 2 aliphatic heterocycles. The van der Waals surface area contributed by atoms with Gasteiger partial charge in [-0.05, 0) is 12.1 Å². The van der Waals surface area contributed by atoms with E-state index in [1.165, 1.54) is 15.9 Å². The second-order valence-corrected chi connectivity index (χ2v) is 6.80. The van der Waals surface area contributed by atoms with E-state index in [-0.39, 0.29) is 24.7 Å². The first-order chi connectivity index (χ1) is 14.1. The Bertz CT molecular complexity index is 876.